The summed E-state index contributed by atoms with van der Waals surface area (Å²) >= 11 is 2.82. The molecule has 2 heterocycles. The molecule has 0 atom stereocenters. The van der Waals surface area contributed by atoms with Crippen LogP contribution in [-0.4, -0.2) is 21.1 Å². The lowest BCUT2D eigenvalue weighted by atomic mass is 10.4. The van der Waals surface area contributed by atoms with Crippen LogP contribution >= 0.6 is 22.7 Å². The molecule has 7 heteroatoms. The van der Waals surface area contributed by atoms with Gasteiger partial charge in [-0.25, -0.2) is 4.98 Å². The molecule has 0 radical (unpaired) electrons. The molecule has 0 bridgehead atoms. The summed E-state index contributed by atoms with van der Waals surface area (Å²) in [7, 11) is 0. The minimum atomic E-state index is -0.234. The van der Waals surface area contributed by atoms with Crippen molar-refractivity contribution in [2.24, 2.45) is 0 Å². The maximum Gasteiger partial charge on any atom is 0.250 e. The summed E-state index contributed by atoms with van der Waals surface area (Å²) in [5.41, 5.74) is 2.35. The predicted octanol–water partition coefficient (Wildman–Crippen LogP) is 1.95. The molecular formula is C9H8N4OS2. The van der Waals surface area contributed by atoms with E-state index in [0.29, 0.717) is 5.13 Å². The third-order valence-electron chi connectivity index (χ3n) is 1.63. The minimum Gasteiger partial charge on any atom is -0.297 e. The Morgan fingerprint density at radius 3 is 3.00 bits per heavy atom. The van der Waals surface area contributed by atoms with Gasteiger partial charge in [0.1, 0.15) is 5.51 Å². The van der Waals surface area contributed by atoms with E-state index in [0.717, 1.165) is 10.7 Å². The fraction of sp³-hybridized carbons (Fsp3) is 0.111. The standard InChI is InChI=1S/C9H8N4OS2/c1-6-11-7(4-15-6)2-3-8(14)12-9-13-10-5-16-9/h2-5H,1H3,(H,12,13,14)/b3-2+. The van der Waals surface area contributed by atoms with E-state index < -0.39 is 0 Å². The summed E-state index contributed by atoms with van der Waals surface area (Å²) in [5, 5.41) is 13.3. The van der Waals surface area contributed by atoms with Crippen molar-refractivity contribution in [3.63, 3.8) is 0 Å². The quantitative estimate of drug-likeness (QED) is 0.848. The average molecular weight is 252 g/mol. The summed E-state index contributed by atoms with van der Waals surface area (Å²) in [4.78, 5) is 15.6. The number of nitrogens with one attached hydrogen (secondary N) is 1. The molecule has 0 aliphatic heterocycles. The number of hydrogen-bond acceptors (Lipinski definition) is 6. The molecule has 0 saturated carbocycles. The number of thiazole rings is 1. The van der Waals surface area contributed by atoms with Gasteiger partial charge in [0.2, 0.25) is 11.0 Å². The van der Waals surface area contributed by atoms with Crippen LogP contribution in [0.5, 0.6) is 0 Å². The number of aryl methyl sites for hydroxylation is 1. The number of rotatable bonds is 3. The van der Waals surface area contributed by atoms with Gasteiger partial charge >= 0.3 is 0 Å². The van der Waals surface area contributed by atoms with E-state index in [9.17, 15) is 4.79 Å². The number of nitrogens with zero attached hydrogens (tertiary/aromatic N) is 3. The Bertz CT molecular complexity index is 503. The topological polar surface area (TPSA) is 67.8 Å². The molecule has 82 valence electrons. The number of hydrogen-bond donors (Lipinski definition) is 1. The van der Waals surface area contributed by atoms with Crippen molar-refractivity contribution in [1.82, 2.24) is 15.2 Å². The van der Waals surface area contributed by atoms with Crippen LogP contribution in [-0.2, 0) is 4.79 Å². The first-order chi connectivity index (χ1) is 7.74. The van der Waals surface area contributed by atoms with E-state index in [2.05, 4.69) is 20.5 Å². The molecule has 5 nitrogen and oxygen atoms in total. The van der Waals surface area contributed by atoms with E-state index in [1.54, 1.807) is 22.9 Å². The highest BCUT2D eigenvalue weighted by Crippen LogP contribution is 2.10. The summed E-state index contributed by atoms with van der Waals surface area (Å²) in [6, 6.07) is 0. The predicted molar refractivity (Wildman–Crippen MR) is 64.4 cm³/mol. The van der Waals surface area contributed by atoms with Crippen LogP contribution in [0, 0.1) is 6.92 Å². The van der Waals surface area contributed by atoms with Crippen molar-refractivity contribution in [3.05, 3.63) is 27.7 Å². The van der Waals surface area contributed by atoms with Gasteiger partial charge in [0.05, 0.1) is 10.7 Å². The minimum absolute atomic E-state index is 0.234. The molecule has 0 aliphatic rings. The fourth-order valence-electron chi connectivity index (χ4n) is 0.992. The molecule has 0 aromatic carbocycles. The second-order valence-corrected chi connectivity index (χ2v) is 4.75. The SMILES string of the molecule is Cc1nc(/C=C/C(=O)Nc2nncs2)cs1. The van der Waals surface area contributed by atoms with Crippen molar-refractivity contribution in [3.8, 4) is 0 Å². The highest BCUT2D eigenvalue weighted by atomic mass is 32.1. The Morgan fingerprint density at radius 1 is 1.50 bits per heavy atom. The van der Waals surface area contributed by atoms with Gasteiger partial charge < -0.3 is 0 Å². The van der Waals surface area contributed by atoms with Gasteiger partial charge in [0.25, 0.3) is 0 Å². The Kier molecular flexibility index (Phi) is 3.37. The van der Waals surface area contributed by atoms with E-state index in [-0.39, 0.29) is 5.91 Å². The molecule has 1 N–H and O–H groups in total. The first kappa shape index (κ1) is 10.9. The van der Waals surface area contributed by atoms with Gasteiger partial charge in [-0.1, -0.05) is 11.3 Å². The number of carbonyl (C=O) groups excluding carboxylic acids is 1. The molecule has 0 saturated heterocycles. The van der Waals surface area contributed by atoms with Crippen LogP contribution in [0.2, 0.25) is 0 Å². The largest absolute Gasteiger partial charge is 0.297 e. The van der Waals surface area contributed by atoms with Crippen LogP contribution in [0.25, 0.3) is 6.08 Å². The van der Waals surface area contributed by atoms with Gasteiger partial charge in [0.15, 0.2) is 0 Å². The molecule has 0 fully saturated rings. The molecule has 0 aliphatic carbocycles. The van der Waals surface area contributed by atoms with Crippen molar-refractivity contribution >= 4 is 39.8 Å². The van der Waals surface area contributed by atoms with E-state index in [4.69, 9.17) is 0 Å². The number of aromatic nitrogens is 3. The zero-order valence-corrected chi connectivity index (χ0v) is 10.0. The van der Waals surface area contributed by atoms with Crippen molar-refractivity contribution in [1.29, 1.82) is 0 Å². The van der Waals surface area contributed by atoms with E-state index in [1.807, 2.05) is 12.3 Å². The molecule has 1 amide bonds. The average Bonchev–Trinajstić information content (AvgIpc) is 2.87. The summed E-state index contributed by atoms with van der Waals surface area (Å²) in [6.45, 7) is 1.92. The number of carbonyl (C=O) groups is 1. The maximum absolute atomic E-state index is 11.4. The maximum atomic E-state index is 11.4. The van der Waals surface area contributed by atoms with Crippen LogP contribution in [0.4, 0.5) is 5.13 Å². The molecule has 16 heavy (non-hydrogen) atoms. The highest BCUT2D eigenvalue weighted by Gasteiger charge is 2.00. The van der Waals surface area contributed by atoms with Gasteiger partial charge in [-0.15, -0.1) is 21.5 Å². The van der Waals surface area contributed by atoms with Gasteiger partial charge in [-0.2, -0.15) is 0 Å². The third kappa shape index (κ3) is 2.94. The first-order valence-corrected chi connectivity index (χ1v) is 6.17. The smallest absolute Gasteiger partial charge is 0.250 e. The highest BCUT2D eigenvalue weighted by molar-refractivity contribution is 7.13. The second kappa shape index (κ2) is 4.95. The van der Waals surface area contributed by atoms with E-state index >= 15 is 0 Å². The lowest BCUT2D eigenvalue weighted by Gasteiger charge is -1.92. The summed E-state index contributed by atoms with van der Waals surface area (Å²) < 4.78 is 0. The zero-order chi connectivity index (χ0) is 11.4. The zero-order valence-electron chi connectivity index (χ0n) is 8.38. The Labute approximate surface area is 99.9 Å². The van der Waals surface area contributed by atoms with Gasteiger partial charge in [-0.3, -0.25) is 10.1 Å². The fourth-order valence-corrected chi connectivity index (χ4v) is 2.02. The van der Waals surface area contributed by atoms with Crippen LogP contribution in [0.15, 0.2) is 17.0 Å². The molecular weight excluding hydrogens is 244 g/mol. The van der Waals surface area contributed by atoms with Crippen LogP contribution in [0.3, 0.4) is 0 Å². The Balaban J connectivity index is 1.94. The normalized spacial score (nSPS) is 10.8. The molecule has 2 rings (SSSR count). The lowest BCUT2D eigenvalue weighted by Crippen LogP contribution is -2.07. The van der Waals surface area contributed by atoms with Crippen molar-refractivity contribution in [2.45, 2.75) is 6.92 Å². The van der Waals surface area contributed by atoms with Crippen LogP contribution < -0.4 is 5.32 Å². The number of anilines is 1. The lowest BCUT2D eigenvalue weighted by molar-refractivity contribution is -0.111. The Morgan fingerprint density at radius 2 is 2.38 bits per heavy atom. The van der Waals surface area contributed by atoms with E-state index in [1.165, 1.54) is 17.4 Å². The van der Waals surface area contributed by atoms with Gasteiger partial charge in [-0.05, 0) is 13.0 Å². The first-order valence-electron chi connectivity index (χ1n) is 4.41. The number of amides is 1. The van der Waals surface area contributed by atoms with Crippen molar-refractivity contribution < 1.29 is 4.79 Å². The molecule has 0 spiro atoms. The third-order valence-corrected chi connectivity index (χ3v) is 3.03. The van der Waals surface area contributed by atoms with Crippen molar-refractivity contribution in [2.75, 3.05) is 5.32 Å². The summed E-state index contributed by atoms with van der Waals surface area (Å²) in [5.74, 6) is -0.234. The molecule has 2 aromatic rings. The van der Waals surface area contributed by atoms with Gasteiger partial charge in [0, 0.05) is 11.5 Å². The second-order valence-electron chi connectivity index (χ2n) is 2.86. The monoisotopic (exact) mass is 252 g/mol. The molecule has 0 unspecified atom stereocenters. The van der Waals surface area contributed by atoms with Crippen LogP contribution in [0.1, 0.15) is 10.7 Å². The molecule has 2 aromatic heterocycles. The Hall–Kier alpha value is -1.60. The summed E-state index contributed by atoms with van der Waals surface area (Å²) in [6.07, 6.45) is 3.09.